The summed E-state index contributed by atoms with van der Waals surface area (Å²) >= 11 is 0. The maximum Gasteiger partial charge on any atom is 0.270 e. The van der Waals surface area contributed by atoms with Crippen LogP contribution in [0.25, 0.3) is 0 Å². The molecule has 1 N–H and O–H groups in total. The fourth-order valence-corrected chi connectivity index (χ4v) is 3.81. The fraction of sp³-hybridized carbons (Fsp3) is 0.391. The monoisotopic (exact) mass is 436 g/mol. The zero-order chi connectivity index (χ0) is 22.3. The minimum Gasteiger partial charge on any atom is -0.493 e. The third-order valence-corrected chi connectivity index (χ3v) is 5.43. The maximum atomic E-state index is 12.3. The van der Waals surface area contributed by atoms with Crippen molar-refractivity contribution >= 4 is 5.91 Å². The standard InChI is InChI=1S/C23H28N6O3/c1-3-32-20-14-17(7-8-19(20)31-2)16-28-11-9-21-26-27-22(29(21)13-12-28)15-25-23(30)18-6-4-5-10-24-18/h4-8,10,14H,3,9,11-13,15-16H2,1-2H3,(H,25,30). The molecule has 4 rings (SSSR count). The van der Waals surface area contributed by atoms with Crippen molar-refractivity contribution in [3.05, 3.63) is 65.5 Å². The Bertz CT molecular complexity index is 1050. The van der Waals surface area contributed by atoms with E-state index in [9.17, 15) is 4.79 Å². The summed E-state index contributed by atoms with van der Waals surface area (Å²) in [5, 5.41) is 11.5. The highest BCUT2D eigenvalue weighted by atomic mass is 16.5. The van der Waals surface area contributed by atoms with E-state index in [2.05, 4.69) is 36.0 Å². The number of nitrogens with zero attached hydrogens (tertiary/aromatic N) is 5. The Morgan fingerprint density at radius 1 is 1.12 bits per heavy atom. The van der Waals surface area contributed by atoms with E-state index in [1.165, 1.54) is 5.56 Å². The van der Waals surface area contributed by atoms with Gasteiger partial charge in [-0.15, -0.1) is 10.2 Å². The molecule has 3 aromatic rings. The van der Waals surface area contributed by atoms with Crippen LogP contribution in [0.15, 0.2) is 42.6 Å². The second-order valence-corrected chi connectivity index (χ2v) is 7.53. The lowest BCUT2D eigenvalue weighted by molar-refractivity contribution is 0.0944. The van der Waals surface area contributed by atoms with Gasteiger partial charge >= 0.3 is 0 Å². The van der Waals surface area contributed by atoms with Crippen LogP contribution in [0, 0.1) is 0 Å². The highest BCUT2D eigenvalue weighted by Crippen LogP contribution is 2.28. The number of pyridine rings is 1. The summed E-state index contributed by atoms with van der Waals surface area (Å²) in [4.78, 5) is 18.8. The van der Waals surface area contributed by atoms with E-state index in [4.69, 9.17) is 9.47 Å². The molecule has 0 saturated heterocycles. The van der Waals surface area contributed by atoms with E-state index >= 15 is 0 Å². The number of fused-ring (bicyclic) bond motifs is 1. The van der Waals surface area contributed by atoms with Gasteiger partial charge in [-0.1, -0.05) is 12.1 Å². The van der Waals surface area contributed by atoms with E-state index in [-0.39, 0.29) is 5.91 Å². The molecule has 1 amide bonds. The maximum absolute atomic E-state index is 12.3. The average molecular weight is 437 g/mol. The Morgan fingerprint density at radius 2 is 2.03 bits per heavy atom. The SMILES string of the molecule is CCOc1cc(CN2CCc3nnc(CNC(=O)c4ccccn4)n3CC2)ccc1OC. The van der Waals surface area contributed by atoms with Crippen LogP contribution in [0.3, 0.4) is 0 Å². The minimum atomic E-state index is -0.220. The van der Waals surface area contributed by atoms with Crippen molar-refractivity contribution in [1.29, 1.82) is 0 Å². The molecule has 0 unspecified atom stereocenters. The first-order chi connectivity index (χ1) is 15.7. The van der Waals surface area contributed by atoms with Crippen molar-refractivity contribution < 1.29 is 14.3 Å². The molecule has 168 valence electrons. The predicted octanol–water partition coefficient (Wildman–Crippen LogP) is 2.07. The Kier molecular flexibility index (Phi) is 6.96. The van der Waals surface area contributed by atoms with Gasteiger partial charge in [-0.3, -0.25) is 14.7 Å². The number of carbonyl (C=O) groups excluding carboxylic acids is 1. The van der Waals surface area contributed by atoms with Crippen molar-refractivity contribution in [2.24, 2.45) is 0 Å². The van der Waals surface area contributed by atoms with Gasteiger partial charge in [0.1, 0.15) is 11.5 Å². The summed E-state index contributed by atoms with van der Waals surface area (Å²) < 4.78 is 13.2. The number of nitrogens with one attached hydrogen (secondary N) is 1. The Labute approximate surface area is 187 Å². The lowest BCUT2D eigenvalue weighted by atomic mass is 10.2. The van der Waals surface area contributed by atoms with Gasteiger partial charge in [-0.25, -0.2) is 0 Å². The first-order valence-electron chi connectivity index (χ1n) is 10.8. The third-order valence-electron chi connectivity index (χ3n) is 5.43. The van der Waals surface area contributed by atoms with Crippen molar-refractivity contribution in [2.75, 3.05) is 26.8 Å². The highest BCUT2D eigenvalue weighted by Gasteiger charge is 2.20. The smallest absolute Gasteiger partial charge is 0.270 e. The largest absolute Gasteiger partial charge is 0.493 e. The number of hydrogen-bond acceptors (Lipinski definition) is 7. The zero-order valence-corrected chi connectivity index (χ0v) is 18.5. The van der Waals surface area contributed by atoms with E-state index in [0.717, 1.165) is 55.7 Å². The van der Waals surface area contributed by atoms with Gasteiger partial charge in [0.25, 0.3) is 5.91 Å². The van der Waals surface area contributed by atoms with E-state index < -0.39 is 0 Å². The molecular formula is C23H28N6O3. The molecule has 0 spiro atoms. The minimum absolute atomic E-state index is 0.220. The van der Waals surface area contributed by atoms with Gasteiger partial charge < -0.3 is 19.4 Å². The predicted molar refractivity (Wildman–Crippen MR) is 119 cm³/mol. The summed E-state index contributed by atoms with van der Waals surface area (Å²) in [6.07, 6.45) is 2.41. The highest BCUT2D eigenvalue weighted by molar-refractivity contribution is 5.92. The van der Waals surface area contributed by atoms with E-state index in [1.807, 2.05) is 19.1 Å². The van der Waals surface area contributed by atoms with Crippen molar-refractivity contribution in [3.8, 4) is 11.5 Å². The third kappa shape index (κ3) is 5.05. The lowest BCUT2D eigenvalue weighted by Crippen LogP contribution is -2.28. The van der Waals surface area contributed by atoms with Crippen molar-refractivity contribution in [1.82, 2.24) is 30.0 Å². The van der Waals surface area contributed by atoms with Gasteiger partial charge in [-0.2, -0.15) is 0 Å². The average Bonchev–Trinajstić information content (AvgIpc) is 3.10. The second kappa shape index (κ2) is 10.2. The number of amides is 1. The molecule has 0 atom stereocenters. The van der Waals surface area contributed by atoms with Crippen molar-refractivity contribution in [3.63, 3.8) is 0 Å². The van der Waals surface area contributed by atoms with Gasteiger partial charge in [0.15, 0.2) is 17.3 Å². The summed E-state index contributed by atoms with van der Waals surface area (Å²) in [6, 6.07) is 11.3. The molecule has 9 nitrogen and oxygen atoms in total. The van der Waals surface area contributed by atoms with Gasteiger partial charge in [0.2, 0.25) is 0 Å². The quantitative estimate of drug-likeness (QED) is 0.578. The molecule has 0 bridgehead atoms. The molecule has 1 aromatic carbocycles. The van der Waals surface area contributed by atoms with Crippen LogP contribution in [0.2, 0.25) is 0 Å². The molecule has 0 aliphatic carbocycles. The lowest BCUT2D eigenvalue weighted by Gasteiger charge is -2.20. The number of hydrogen-bond donors (Lipinski definition) is 1. The number of methoxy groups -OCH3 is 1. The van der Waals surface area contributed by atoms with Crippen LogP contribution in [0.1, 0.15) is 34.6 Å². The molecule has 0 saturated carbocycles. The molecule has 0 fully saturated rings. The summed E-state index contributed by atoms with van der Waals surface area (Å²) in [5.74, 6) is 3.00. The normalized spacial score (nSPS) is 13.8. The molecule has 1 aliphatic heterocycles. The van der Waals surface area contributed by atoms with Crippen LogP contribution in [-0.4, -0.2) is 57.4 Å². The number of carbonyl (C=O) groups is 1. The summed E-state index contributed by atoms with van der Waals surface area (Å²) in [6.45, 7) is 6.21. The number of rotatable bonds is 8. The van der Waals surface area contributed by atoms with Crippen LogP contribution < -0.4 is 14.8 Å². The molecule has 32 heavy (non-hydrogen) atoms. The number of ether oxygens (including phenoxy) is 2. The Hall–Kier alpha value is -3.46. The molecule has 2 aromatic heterocycles. The van der Waals surface area contributed by atoms with Crippen LogP contribution in [-0.2, 0) is 26.1 Å². The van der Waals surface area contributed by atoms with Gasteiger partial charge in [0, 0.05) is 38.8 Å². The topological polar surface area (TPSA) is 94.4 Å². The van der Waals surface area contributed by atoms with Crippen LogP contribution in [0.5, 0.6) is 11.5 Å². The number of benzene rings is 1. The molecule has 0 radical (unpaired) electrons. The molecular weight excluding hydrogens is 408 g/mol. The zero-order valence-electron chi connectivity index (χ0n) is 18.5. The molecule has 3 heterocycles. The van der Waals surface area contributed by atoms with Gasteiger partial charge in [-0.05, 0) is 36.8 Å². The Morgan fingerprint density at radius 3 is 2.81 bits per heavy atom. The molecule has 9 heteroatoms. The van der Waals surface area contributed by atoms with E-state index in [1.54, 1.807) is 31.5 Å². The fourth-order valence-electron chi connectivity index (χ4n) is 3.81. The van der Waals surface area contributed by atoms with Crippen LogP contribution in [0.4, 0.5) is 0 Å². The number of aromatic nitrogens is 4. The van der Waals surface area contributed by atoms with Gasteiger partial charge in [0.05, 0.1) is 20.3 Å². The molecule has 1 aliphatic rings. The summed E-state index contributed by atoms with van der Waals surface area (Å²) in [7, 11) is 1.65. The Balaban J connectivity index is 1.37. The van der Waals surface area contributed by atoms with Crippen LogP contribution >= 0.6 is 0 Å². The second-order valence-electron chi connectivity index (χ2n) is 7.53. The van der Waals surface area contributed by atoms with Crippen molar-refractivity contribution in [2.45, 2.75) is 33.0 Å². The summed E-state index contributed by atoms with van der Waals surface area (Å²) in [5.41, 5.74) is 1.56. The van der Waals surface area contributed by atoms with E-state index in [0.29, 0.717) is 18.8 Å². The first kappa shape index (κ1) is 21.8. The first-order valence-corrected chi connectivity index (χ1v) is 10.8.